The highest BCUT2D eigenvalue weighted by Gasteiger charge is 2.30. The molecule has 2 heterocycles. The number of anilines is 1. The van der Waals surface area contributed by atoms with Crippen LogP contribution >= 0.6 is 0 Å². The molecule has 2 aliphatic heterocycles. The third-order valence-electron chi connectivity index (χ3n) is 6.48. The van der Waals surface area contributed by atoms with Crippen LogP contribution in [-0.2, 0) is 11.2 Å². The zero-order valence-corrected chi connectivity index (χ0v) is 17.6. The van der Waals surface area contributed by atoms with Crippen molar-refractivity contribution >= 4 is 17.9 Å². The molecule has 1 amide bonds. The molecular weight excluding hydrogens is 374 g/mol. The number of carbonyl (C=O) groups is 2. The van der Waals surface area contributed by atoms with E-state index in [2.05, 4.69) is 45.0 Å². The number of piperidine rings is 1. The Balaban J connectivity index is 1.20. The molecule has 0 spiro atoms. The highest BCUT2D eigenvalue weighted by molar-refractivity contribution is 5.79. The van der Waals surface area contributed by atoms with Crippen molar-refractivity contribution in [3.63, 3.8) is 0 Å². The third kappa shape index (κ3) is 5.08. The Bertz CT molecular complexity index is 821. The highest BCUT2D eigenvalue weighted by Crippen LogP contribution is 2.25. The average molecular weight is 406 g/mol. The summed E-state index contributed by atoms with van der Waals surface area (Å²) in [6, 6.07) is 18.3. The quantitative estimate of drug-likeness (QED) is 0.693. The van der Waals surface area contributed by atoms with Gasteiger partial charge in [0.05, 0.1) is 0 Å². The Morgan fingerprint density at radius 1 is 0.867 bits per heavy atom. The van der Waals surface area contributed by atoms with Crippen LogP contribution in [0.25, 0.3) is 0 Å². The van der Waals surface area contributed by atoms with Crippen molar-refractivity contribution in [2.75, 3.05) is 50.7 Å². The summed E-state index contributed by atoms with van der Waals surface area (Å²) in [7, 11) is 0. The van der Waals surface area contributed by atoms with E-state index in [1.54, 1.807) is 0 Å². The van der Waals surface area contributed by atoms with Gasteiger partial charge in [-0.15, -0.1) is 0 Å². The number of benzene rings is 2. The molecule has 2 fully saturated rings. The minimum absolute atomic E-state index is 0.145. The SMILES string of the molecule is O=Cc1ccc(N2CCC(C(=O)N3CCN(CCc4ccccc4)CC3)CC2)cc1. The van der Waals surface area contributed by atoms with Crippen LogP contribution in [0.5, 0.6) is 0 Å². The van der Waals surface area contributed by atoms with E-state index in [1.165, 1.54) is 5.56 Å². The monoisotopic (exact) mass is 405 g/mol. The molecule has 2 saturated heterocycles. The summed E-state index contributed by atoms with van der Waals surface area (Å²) in [5.41, 5.74) is 3.22. The molecule has 0 saturated carbocycles. The number of aldehydes is 1. The van der Waals surface area contributed by atoms with E-state index < -0.39 is 0 Å². The molecule has 0 radical (unpaired) electrons. The van der Waals surface area contributed by atoms with Crippen molar-refractivity contribution in [2.24, 2.45) is 5.92 Å². The normalized spacial score (nSPS) is 18.4. The Hall–Kier alpha value is -2.66. The lowest BCUT2D eigenvalue weighted by atomic mass is 9.94. The van der Waals surface area contributed by atoms with Crippen LogP contribution in [0.15, 0.2) is 54.6 Å². The van der Waals surface area contributed by atoms with Gasteiger partial charge >= 0.3 is 0 Å². The number of rotatable bonds is 6. The van der Waals surface area contributed by atoms with E-state index in [1.807, 2.05) is 24.3 Å². The van der Waals surface area contributed by atoms with Crippen molar-refractivity contribution in [2.45, 2.75) is 19.3 Å². The Kier molecular flexibility index (Phi) is 6.80. The standard InChI is InChI=1S/C25H31N3O2/c29-20-22-6-8-24(9-7-22)27-14-11-23(12-15-27)25(30)28-18-16-26(17-19-28)13-10-21-4-2-1-3-5-21/h1-9,20,23H,10-19H2. The van der Waals surface area contributed by atoms with Gasteiger partial charge in [0.1, 0.15) is 6.29 Å². The van der Waals surface area contributed by atoms with Crippen molar-refractivity contribution in [1.29, 1.82) is 0 Å². The lowest BCUT2D eigenvalue weighted by Gasteiger charge is -2.39. The van der Waals surface area contributed by atoms with E-state index in [0.29, 0.717) is 11.5 Å². The maximum Gasteiger partial charge on any atom is 0.225 e. The van der Waals surface area contributed by atoms with Gasteiger partial charge < -0.3 is 9.80 Å². The Morgan fingerprint density at radius 3 is 2.17 bits per heavy atom. The number of amides is 1. The molecule has 30 heavy (non-hydrogen) atoms. The number of hydrogen-bond donors (Lipinski definition) is 0. The predicted octanol–water partition coefficient (Wildman–Crippen LogP) is 3.10. The fraction of sp³-hybridized carbons (Fsp3) is 0.440. The lowest BCUT2D eigenvalue weighted by molar-refractivity contribution is -0.138. The molecule has 2 aliphatic rings. The molecule has 158 valence electrons. The molecule has 0 unspecified atom stereocenters. The lowest BCUT2D eigenvalue weighted by Crippen LogP contribution is -2.51. The summed E-state index contributed by atoms with van der Waals surface area (Å²) < 4.78 is 0. The topological polar surface area (TPSA) is 43.9 Å². The Morgan fingerprint density at radius 2 is 1.53 bits per heavy atom. The largest absolute Gasteiger partial charge is 0.371 e. The van der Waals surface area contributed by atoms with Crippen LogP contribution in [-0.4, -0.2) is 67.8 Å². The van der Waals surface area contributed by atoms with Crippen LogP contribution in [0.1, 0.15) is 28.8 Å². The second-order valence-corrected chi connectivity index (χ2v) is 8.37. The molecule has 0 atom stereocenters. The fourth-order valence-electron chi connectivity index (χ4n) is 4.53. The summed E-state index contributed by atoms with van der Waals surface area (Å²) >= 11 is 0. The van der Waals surface area contributed by atoms with Gasteiger partial charge in [0.2, 0.25) is 5.91 Å². The summed E-state index contributed by atoms with van der Waals surface area (Å²) in [5.74, 6) is 0.486. The third-order valence-corrected chi connectivity index (χ3v) is 6.48. The summed E-state index contributed by atoms with van der Waals surface area (Å²) in [5, 5.41) is 0. The molecule has 0 bridgehead atoms. The van der Waals surface area contributed by atoms with E-state index in [9.17, 15) is 9.59 Å². The van der Waals surface area contributed by atoms with Crippen molar-refractivity contribution in [1.82, 2.24) is 9.80 Å². The molecule has 5 heteroatoms. The van der Waals surface area contributed by atoms with Crippen LogP contribution in [0.2, 0.25) is 0 Å². The molecule has 2 aromatic carbocycles. The molecule has 0 N–H and O–H groups in total. The van der Waals surface area contributed by atoms with Gasteiger partial charge in [-0.1, -0.05) is 30.3 Å². The predicted molar refractivity (Wildman–Crippen MR) is 120 cm³/mol. The molecule has 4 rings (SSSR count). The smallest absolute Gasteiger partial charge is 0.225 e. The van der Waals surface area contributed by atoms with E-state index >= 15 is 0 Å². The van der Waals surface area contributed by atoms with E-state index in [4.69, 9.17) is 0 Å². The number of hydrogen-bond acceptors (Lipinski definition) is 4. The van der Waals surface area contributed by atoms with Gasteiger partial charge in [-0.25, -0.2) is 0 Å². The maximum absolute atomic E-state index is 13.0. The Labute approximate surface area is 179 Å². The summed E-state index contributed by atoms with van der Waals surface area (Å²) in [6.07, 6.45) is 3.75. The molecule has 0 aromatic heterocycles. The van der Waals surface area contributed by atoms with Gasteiger partial charge in [-0.05, 0) is 49.1 Å². The first kappa shape index (κ1) is 20.6. The zero-order valence-electron chi connectivity index (χ0n) is 17.6. The first-order valence-corrected chi connectivity index (χ1v) is 11.1. The van der Waals surface area contributed by atoms with Gasteiger partial charge in [0.25, 0.3) is 0 Å². The molecule has 2 aromatic rings. The van der Waals surface area contributed by atoms with Gasteiger partial charge in [0.15, 0.2) is 0 Å². The number of piperazine rings is 1. The molecule has 5 nitrogen and oxygen atoms in total. The maximum atomic E-state index is 13.0. The summed E-state index contributed by atoms with van der Waals surface area (Å²) in [6.45, 7) is 6.50. The summed E-state index contributed by atoms with van der Waals surface area (Å²) in [4.78, 5) is 30.7. The van der Waals surface area contributed by atoms with Crippen molar-refractivity contribution in [3.05, 3.63) is 65.7 Å². The van der Waals surface area contributed by atoms with Gasteiger partial charge in [-0.3, -0.25) is 14.5 Å². The van der Waals surface area contributed by atoms with Crippen LogP contribution in [0.4, 0.5) is 5.69 Å². The first-order valence-electron chi connectivity index (χ1n) is 11.1. The van der Waals surface area contributed by atoms with Crippen LogP contribution in [0, 0.1) is 5.92 Å². The van der Waals surface area contributed by atoms with Crippen molar-refractivity contribution < 1.29 is 9.59 Å². The van der Waals surface area contributed by atoms with Crippen LogP contribution in [0.3, 0.4) is 0 Å². The first-order chi connectivity index (χ1) is 14.7. The minimum atomic E-state index is 0.145. The zero-order chi connectivity index (χ0) is 20.8. The highest BCUT2D eigenvalue weighted by atomic mass is 16.2. The minimum Gasteiger partial charge on any atom is -0.371 e. The van der Waals surface area contributed by atoms with E-state index in [0.717, 1.165) is 77.0 Å². The van der Waals surface area contributed by atoms with Gasteiger partial charge in [0, 0.05) is 63.0 Å². The van der Waals surface area contributed by atoms with Crippen molar-refractivity contribution in [3.8, 4) is 0 Å². The van der Waals surface area contributed by atoms with E-state index in [-0.39, 0.29) is 5.92 Å². The second-order valence-electron chi connectivity index (χ2n) is 8.37. The number of carbonyl (C=O) groups excluding carboxylic acids is 2. The number of nitrogens with zero attached hydrogens (tertiary/aromatic N) is 3. The fourth-order valence-corrected chi connectivity index (χ4v) is 4.53. The molecule has 0 aliphatic carbocycles. The average Bonchev–Trinajstić information content (AvgIpc) is 2.83. The van der Waals surface area contributed by atoms with Gasteiger partial charge in [-0.2, -0.15) is 0 Å². The van der Waals surface area contributed by atoms with Crippen LogP contribution < -0.4 is 4.90 Å². The second kappa shape index (κ2) is 9.90. The molecular formula is C25H31N3O2.